The third-order valence-electron chi connectivity index (χ3n) is 3.24. The summed E-state index contributed by atoms with van der Waals surface area (Å²) in [5, 5.41) is 6.78. The molecule has 24 heavy (non-hydrogen) atoms. The Labute approximate surface area is 147 Å². The molecule has 7 heteroatoms. The fourth-order valence-electron chi connectivity index (χ4n) is 2.09. The molecule has 0 unspecified atom stereocenters. The van der Waals surface area contributed by atoms with Crippen LogP contribution in [-0.2, 0) is 0 Å². The molecule has 1 aromatic heterocycles. The van der Waals surface area contributed by atoms with Gasteiger partial charge in [-0.05, 0) is 24.3 Å². The van der Waals surface area contributed by atoms with E-state index in [-0.39, 0.29) is 5.56 Å². The van der Waals surface area contributed by atoms with Crippen molar-refractivity contribution >= 4 is 34.3 Å². The van der Waals surface area contributed by atoms with Crippen LogP contribution in [0.15, 0.2) is 52.9 Å². The zero-order valence-electron chi connectivity index (χ0n) is 12.7. The van der Waals surface area contributed by atoms with Crippen molar-refractivity contribution in [2.45, 2.75) is 0 Å². The third kappa shape index (κ3) is 3.55. The van der Waals surface area contributed by atoms with Crippen LogP contribution >= 0.6 is 22.9 Å². The van der Waals surface area contributed by atoms with Crippen LogP contribution in [0.1, 0.15) is 5.56 Å². The SMILES string of the molecule is COc1ccccc1-c1csc(N/N=C\c2c(F)cccc2Cl)n1. The zero-order chi connectivity index (χ0) is 16.9. The fourth-order valence-corrected chi connectivity index (χ4v) is 2.96. The molecule has 0 amide bonds. The highest BCUT2D eigenvalue weighted by molar-refractivity contribution is 7.14. The lowest BCUT2D eigenvalue weighted by Gasteiger charge is -2.04. The second-order valence-corrected chi connectivity index (χ2v) is 6.01. The van der Waals surface area contributed by atoms with Crippen LogP contribution in [0.3, 0.4) is 0 Å². The molecule has 0 aliphatic heterocycles. The summed E-state index contributed by atoms with van der Waals surface area (Å²) in [5.74, 6) is 0.317. The molecule has 2 aromatic carbocycles. The first-order valence-corrected chi connectivity index (χ1v) is 8.27. The lowest BCUT2D eigenvalue weighted by Crippen LogP contribution is -1.94. The average Bonchev–Trinajstić information content (AvgIpc) is 3.06. The van der Waals surface area contributed by atoms with E-state index in [1.54, 1.807) is 19.2 Å². The molecule has 0 bridgehead atoms. The van der Waals surface area contributed by atoms with Gasteiger partial charge in [0.15, 0.2) is 0 Å². The van der Waals surface area contributed by atoms with Crippen LogP contribution in [0, 0.1) is 5.82 Å². The minimum Gasteiger partial charge on any atom is -0.496 e. The first-order chi connectivity index (χ1) is 11.7. The number of anilines is 1. The largest absolute Gasteiger partial charge is 0.496 e. The van der Waals surface area contributed by atoms with Crippen molar-refractivity contribution in [3.63, 3.8) is 0 Å². The Balaban J connectivity index is 1.76. The molecule has 0 aliphatic rings. The van der Waals surface area contributed by atoms with E-state index in [9.17, 15) is 4.39 Å². The summed E-state index contributed by atoms with van der Waals surface area (Å²) in [6, 6.07) is 12.1. The highest BCUT2D eigenvalue weighted by Gasteiger charge is 2.09. The van der Waals surface area contributed by atoms with Crippen LogP contribution in [-0.4, -0.2) is 18.3 Å². The number of nitrogens with one attached hydrogen (secondary N) is 1. The Morgan fingerprint density at radius 2 is 2.08 bits per heavy atom. The van der Waals surface area contributed by atoms with Gasteiger partial charge in [-0.3, -0.25) is 5.43 Å². The molecule has 0 atom stereocenters. The van der Waals surface area contributed by atoms with E-state index in [1.807, 2.05) is 29.6 Å². The van der Waals surface area contributed by atoms with Crippen molar-refractivity contribution in [1.29, 1.82) is 0 Å². The fraction of sp³-hybridized carbons (Fsp3) is 0.0588. The van der Waals surface area contributed by atoms with Gasteiger partial charge in [-0.2, -0.15) is 5.10 Å². The van der Waals surface area contributed by atoms with Gasteiger partial charge in [0, 0.05) is 16.5 Å². The van der Waals surface area contributed by atoms with E-state index in [4.69, 9.17) is 16.3 Å². The first kappa shape index (κ1) is 16.4. The number of nitrogens with zero attached hydrogens (tertiary/aromatic N) is 2. The second kappa shape index (κ2) is 7.42. The summed E-state index contributed by atoms with van der Waals surface area (Å²) < 4.78 is 19.0. The molecule has 1 heterocycles. The van der Waals surface area contributed by atoms with Gasteiger partial charge in [0.25, 0.3) is 0 Å². The van der Waals surface area contributed by atoms with Crippen molar-refractivity contribution in [1.82, 2.24) is 4.98 Å². The molecule has 0 aliphatic carbocycles. The Morgan fingerprint density at radius 3 is 2.88 bits per heavy atom. The molecule has 3 rings (SSSR count). The third-order valence-corrected chi connectivity index (χ3v) is 4.32. The Hall–Kier alpha value is -2.44. The summed E-state index contributed by atoms with van der Waals surface area (Å²) in [5.41, 5.74) is 4.69. The van der Waals surface area contributed by atoms with Gasteiger partial charge < -0.3 is 4.74 Å². The normalized spacial score (nSPS) is 11.0. The number of methoxy groups -OCH3 is 1. The van der Waals surface area contributed by atoms with Crippen molar-refractivity contribution < 1.29 is 9.13 Å². The highest BCUT2D eigenvalue weighted by atomic mass is 35.5. The monoisotopic (exact) mass is 361 g/mol. The number of rotatable bonds is 5. The number of aromatic nitrogens is 1. The molecular formula is C17H13ClFN3OS. The standard InChI is InChI=1S/C17H13ClFN3OS/c1-23-16-8-3-2-5-11(16)15-10-24-17(21-15)22-20-9-12-13(18)6-4-7-14(12)19/h2-10H,1H3,(H,21,22)/b20-9-. The number of hydrogen-bond donors (Lipinski definition) is 1. The molecule has 1 N–H and O–H groups in total. The van der Waals surface area contributed by atoms with E-state index in [2.05, 4.69) is 15.5 Å². The minimum absolute atomic E-state index is 0.230. The number of ether oxygens (including phenoxy) is 1. The van der Waals surface area contributed by atoms with Crippen LogP contribution in [0.2, 0.25) is 5.02 Å². The Bertz CT molecular complexity index is 862. The van der Waals surface area contributed by atoms with Gasteiger partial charge in [-0.1, -0.05) is 29.8 Å². The Kier molecular flexibility index (Phi) is 5.08. The highest BCUT2D eigenvalue weighted by Crippen LogP contribution is 2.31. The first-order valence-electron chi connectivity index (χ1n) is 7.01. The van der Waals surface area contributed by atoms with Gasteiger partial charge in [0.05, 0.1) is 24.0 Å². The van der Waals surface area contributed by atoms with Gasteiger partial charge >= 0.3 is 0 Å². The van der Waals surface area contributed by atoms with Gasteiger partial charge in [0.1, 0.15) is 11.6 Å². The topological polar surface area (TPSA) is 46.5 Å². The predicted molar refractivity (Wildman–Crippen MR) is 96.7 cm³/mol. The van der Waals surface area contributed by atoms with Crippen LogP contribution in [0.4, 0.5) is 9.52 Å². The van der Waals surface area contributed by atoms with Crippen molar-refractivity contribution in [2.24, 2.45) is 5.10 Å². The van der Waals surface area contributed by atoms with Crippen molar-refractivity contribution in [2.75, 3.05) is 12.5 Å². The van der Waals surface area contributed by atoms with Crippen LogP contribution in [0.25, 0.3) is 11.3 Å². The molecule has 122 valence electrons. The maximum atomic E-state index is 13.7. The number of hydrazone groups is 1. The van der Waals surface area contributed by atoms with Gasteiger partial charge in [-0.15, -0.1) is 11.3 Å². The van der Waals surface area contributed by atoms with E-state index in [1.165, 1.54) is 23.6 Å². The van der Waals surface area contributed by atoms with Gasteiger partial charge in [0.2, 0.25) is 5.13 Å². The van der Waals surface area contributed by atoms with Crippen LogP contribution in [0.5, 0.6) is 5.75 Å². The molecule has 0 radical (unpaired) electrons. The summed E-state index contributed by atoms with van der Waals surface area (Å²) in [7, 11) is 1.62. The second-order valence-electron chi connectivity index (χ2n) is 4.74. The minimum atomic E-state index is -0.429. The lowest BCUT2D eigenvalue weighted by atomic mass is 10.1. The number of benzene rings is 2. The molecule has 0 saturated heterocycles. The number of thiazole rings is 1. The van der Waals surface area contributed by atoms with Crippen LogP contribution < -0.4 is 10.2 Å². The number of para-hydroxylation sites is 1. The van der Waals surface area contributed by atoms with Crippen molar-refractivity contribution in [3.8, 4) is 17.0 Å². The zero-order valence-corrected chi connectivity index (χ0v) is 14.2. The maximum Gasteiger partial charge on any atom is 0.203 e. The maximum absolute atomic E-state index is 13.7. The van der Waals surface area contributed by atoms with Gasteiger partial charge in [-0.25, -0.2) is 9.37 Å². The van der Waals surface area contributed by atoms with E-state index < -0.39 is 5.82 Å². The summed E-state index contributed by atoms with van der Waals surface area (Å²) in [6.45, 7) is 0. The smallest absolute Gasteiger partial charge is 0.203 e. The number of halogens is 2. The summed E-state index contributed by atoms with van der Waals surface area (Å²) in [6.07, 6.45) is 1.34. The molecule has 0 saturated carbocycles. The molecule has 3 aromatic rings. The predicted octanol–water partition coefficient (Wildman–Crippen LogP) is 5.06. The quantitative estimate of drug-likeness (QED) is 0.510. The van der Waals surface area contributed by atoms with E-state index in [0.29, 0.717) is 10.2 Å². The molecule has 0 spiro atoms. The average molecular weight is 362 g/mol. The molecule has 4 nitrogen and oxygen atoms in total. The molecular weight excluding hydrogens is 349 g/mol. The number of hydrogen-bond acceptors (Lipinski definition) is 5. The summed E-state index contributed by atoms with van der Waals surface area (Å²) >= 11 is 7.33. The van der Waals surface area contributed by atoms with E-state index >= 15 is 0 Å². The van der Waals surface area contributed by atoms with Crippen molar-refractivity contribution in [3.05, 3.63) is 64.2 Å². The summed E-state index contributed by atoms with van der Waals surface area (Å²) in [4.78, 5) is 4.45. The Morgan fingerprint density at radius 1 is 1.25 bits per heavy atom. The molecule has 0 fully saturated rings. The van der Waals surface area contributed by atoms with E-state index in [0.717, 1.165) is 17.0 Å². The lowest BCUT2D eigenvalue weighted by molar-refractivity contribution is 0.416.